The zero-order chi connectivity index (χ0) is 12.3. The number of aliphatic hydroxyl groups is 1. The summed E-state index contributed by atoms with van der Waals surface area (Å²) in [5.41, 5.74) is 3.13. The number of aliphatic hydroxyl groups excluding tert-OH is 1. The molecule has 0 aliphatic rings. The van der Waals surface area contributed by atoms with Gasteiger partial charge in [-0.2, -0.15) is 0 Å². The first-order valence-corrected chi connectivity index (χ1v) is 5.88. The molecule has 0 saturated heterocycles. The zero-order valence-electron chi connectivity index (χ0n) is 9.60. The second-order valence-electron chi connectivity index (χ2n) is 4.06. The molecule has 1 N–H and O–H groups in total. The molecule has 1 atom stereocenters. The molecule has 88 valence electrons. The molecule has 0 amide bonds. The summed E-state index contributed by atoms with van der Waals surface area (Å²) in [7, 11) is 0. The fraction of sp³-hybridized carbons (Fsp3) is 0.214. The molecule has 2 rings (SSSR count). The summed E-state index contributed by atoms with van der Waals surface area (Å²) in [6.45, 7) is 2.04. The van der Waals surface area contributed by atoms with E-state index in [0.29, 0.717) is 11.6 Å². The maximum absolute atomic E-state index is 10.1. The van der Waals surface area contributed by atoms with Crippen molar-refractivity contribution in [2.75, 3.05) is 0 Å². The van der Waals surface area contributed by atoms with Crippen molar-refractivity contribution < 1.29 is 5.11 Å². The molecule has 17 heavy (non-hydrogen) atoms. The van der Waals surface area contributed by atoms with Crippen LogP contribution in [-0.4, -0.2) is 10.1 Å². The maximum Gasteiger partial charge on any atom is 0.129 e. The number of hydrogen-bond acceptors (Lipinski definition) is 2. The van der Waals surface area contributed by atoms with Gasteiger partial charge in [-0.15, -0.1) is 0 Å². The smallest absolute Gasteiger partial charge is 0.129 e. The lowest BCUT2D eigenvalue weighted by Crippen LogP contribution is -2.03. The Morgan fingerprint density at radius 1 is 1.24 bits per heavy atom. The molecule has 0 aliphatic heterocycles. The van der Waals surface area contributed by atoms with Crippen LogP contribution in [0.5, 0.6) is 0 Å². The molecule has 1 heterocycles. The first-order chi connectivity index (χ1) is 8.16. The average molecular weight is 248 g/mol. The van der Waals surface area contributed by atoms with Crippen LogP contribution in [0.4, 0.5) is 0 Å². The Morgan fingerprint density at radius 3 is 2.65 bits per heavy atom. The third-order valence-corrected chi connectivity index (χ3v) is 3.03. The lowest BCUT2D eigenvalue weighted by Gasteiger charge is -2.12. The Bertz CT molecular complexity index is 496. The summed E-state index contributed by atoms with van der Waals surface area (Å²) < 4.78 is 0. The third kappa shape index (κ3) is 3.05. The second-order valence-corrected chi connectivity index (χ2v) is 4.45. The fourth-order valence-electron chi connectivity index (χ4n) is 1.75. The third-order valence-electron chi connectivity index (χ3n) is 2.81. The summed E-state index contributed by atoms with van der Waals surface area (Å²) in [4.78, 5) is 3.97. The van der Waals surface area contributed by atoms with Gasteiger partial charge in [0.05, 0.1) is 6.10 Å². The van der Waals surface area contributed by atoms with Crippen LogP contribution in [0.3, 0.4) is 0 Å². The van der Waals surface area contributed by atoms with Gasteiger partial charge >= 0.3 is 0 Å². The molecule has 1 aromatic carbocycles. The van der Waals surface area contributed by atoms with E-state index in [9.17, 15) is 5.11 Å². The van der Waals surface area contributed by atoms with Crippen molar-refractivity contribution in [3.8, 4) is 0 Å². The molecular weight excluding hydrogens is 234 g/mol. The van der Waals surface area contributed by atoms with Gasteiger partial charge in [-0.3, -0.25) is 0 Å². The van der Waals surface area contributed by atoms with Crippen LogP contribution in [-0.2, 0) is 6.42 Å². The molecule has 1 aromatic heterocycles. The van der Waals surface area contributed by atoms with E-state index in [0.717, 1.165) is 11.1 Å². The number of nitrogens with zero attached hydrogens (tertiary/aromatic N) is 1. The number of hydrogen-bond donors (Lipinski definition) is 1. The molecule has 0 bridgehead atoms. The van der Waals surface area contributed by atoms with Crippen molar-refractivity contribution in [1.29, 1.82) is 0 Å². The van der Waals surface area contributed by atoms with E-state index in [2.05, 4.69) is 4.98 Å². The number of aromatic nitrogens is 1. The van der Waals surface area contributed by atoms with Gasteiger partial charge in [0.25, 0.3) is 0 Å². The summed E-state index contributed by atoms with van der Waals surface area (Å²) in [6, 6.07) is 11.5. The van der Waals surface area contributed by atoms with Crippen LogP contribution in [0.2, 0.25) is 5.15 Å². The van der Waals surface area contributed by atoms with E-state index < -0.39 is 6.10 Å². The van der Waals surface area contributed by atoms with Crippen molar-refractivity contribution in [2.24, 2.45) is 0 Å². The fourth-order valence-corrected chi connectivity index (χ4v) is 1.86. The van der Waals surface area contributed by atoms with Crippen LogP contribution in [0, 0.1) is 6.92 Å². The molecule has 1 unspecified atom stereocenters. The summed E-state index contributed by atoms with van der Waals surface area (Å²) >= 11 is 5.71. The molecule has 0 radical (unpaired) electrons. The lowest BCUT2D eigenvalue weighted by atomic mass is 9.99. The topological polar surface area (TPSA) is 33.1 Å². The first-order valence-electron chi connectivity index (χ1n) is 5.51. The minimum Gasteiger partial charge on any atom is -0.388 e. The SMILES string of the molecule is Cc1ccccc1CC(O)c1ccc(Cl)nc1. The van der Waals surface area contributed by atoms with Gasteiger partial charge in [-0.05, 0) is 29.7 Å². The van der Waals surface area contributed by atoms with Crippen LogP contribution in [0.25, 0.3) is 0 Å². The molecular formula is C14H14ClNO. The van der Waals surface area contributed by atoms with E-state index in [-0.39, 0.29) is 0 Å². The predicted octanol–water partition coefficient (Wildman–Crippen LogP) is 3.32. The molecule has 0 aliphatic carbocycles. The molecule has 0 spiro atoms. The van der Waals surface area contributed by atoms with E-state index in [1.165, 1.54) is 5.56 Å². The quantitative estimate of drug-likeness (QED) is 0.844. The van der Waals surface area contributed by atoms with Crippen molar-refractivity contribution >= 4 is 11.6 Å². The Labute approximate surface area is 106 Å². The van der Waals surface area contributed by atoms with Gasteiger partial charge < -0.3 is 5.11 Å². The Kier molecular flexibility index (Phi) is 3.77. The highest BCUT2D eigenvalue weighted by atomic mass is 35.5. The Morgan fingerprint density at radius 2 is 2.00 bits per heavy atom. The maximum atomic E-state index is 10.1. The van der Waals surface area contributed by atoms with Gasteiger partial charge in [0, 0.05) is 12.6 Å². The minimum absolute atomic E-state index is 0.442. The standard InChI is InChI=1S/C14H14ClNO/c1-10-4-2-3-5-11(10)8-13(17)12-6-7-14(15)16-9-12/h2-7,9,13,17H,8H2,1H3. The average Bonchev–Trinajstić information content (AvgIpc) is 2.33. The van der Waals surface area contributed by atoms with Crippen LogP contribution in [0.15, 0.2) is 42.6 Å². The lowest BCUT2D eigenvalue weighted by molar-refractivity contribution is 0.178. The number of pyridine rings is 1. The summed E-state index contributed by atoms with van der Waals surface area (Å²) in [6.07, 6.45) is 1.67. The van der Waals surface area contributed by atoms with Gasteiger partial charge in [-0.25, -0.2) is 4.98 Å². The van der Waals surface area contributed by atoms with E-state index >= 15 is 0 Å². The van der Waals surface area contributed by atoms with Gasteiger partial charge in [-0.1, -0.05) is 41.9 Å². The Balaban J connectivity index is 2.14. The van der Waals surface area contributed by atoms with Gasteiger partial charge in [0.1, 0.15) is 5.15 Å². The first kappa shape index (κ1) is 12.1. The summed E-state index contributed by atoms with van der Waals surface area (Å²) in [5.74, 6) is 0. The van der Waals surface area contributed by atoms with Crippen LogP contribution in [0.1, 0.15) is 22.8 Å². The molecule has 3 heteroatoms. The Hall–Kier alpha value is -1.38. The highest BCUT2D eigenvalue weighted by Crippen LogP contribution is 2.20. The molecule has 0 saturated carbocycles. The van der Waals surface area contributed by atoms with Crippen molar-refractivity contribution in [3.05, 3.63) is 64.4 Å². The highest BCUT2D eigenvalue weighted by molar-refractivity contribution is 6.29. The predicted molar refractivity (Wildman–Crippen MR) is 69.1 cm³/mol. The number of benzene rings is 1. The second kappa shape index (κ2) is 5.30. The van der Waals surface area contributed by atoms with E-state index in [1.54, 1.807) is 18.3 Å². The van der Waals surface area contributed by atoms with E-state index in [4.69, 9.17) is 11.6 Å². The minimum atomic E-state index is -0.541. The molecule has 2 nitrogen and oxygen atoms in total. The number of halogens is 1. The number of aryl methyl sites for hydroxylation is 1. The van der Waals surface area contributed by atoms with Crippen LogP contribution >= 0.6 is 11.6 Å². The molecule has 0 fully saturated rings. The zero-order valence-corrected chi connectivity index (χ0v) is 10.4. The van der Waals surface area contributed by atoms with E-state index in [1.807, 2.05) is 31.2 Å². The monoisotopic (exact) mass is 247 g/mol. The van der Waals surface area contributed by atoms with Gasteiger partial charge in [0.15, 0.2) is 0 Å². The molecule has 2 aromatic rings. The van der Waals surface area contributed by atoms with Crippen molar-refractivity contribution in [1.82, 2.24) is 4.98 Å². The highest BCUT2D eigenvalue weighted by Gasteiger charge is 2.10. The normalized spacial score (nSPS) is 12.4. The number of rotatable bonds is 3. The van der Waals surface area contributed by atoms with Crippen molar-refractivity contribution in [3.63, 3.8) is 0 Å². The van der Waals surface area contributed by atoms with Crippen LogP contribution < -0.4 is 0 Å². The van der Waals surface area contributed by atoms with Gasteiger partial charge in [0.2, 0.25) is 0 Å². The summed E-state index contributed by atoms with van der Waals surface area (Å²) in [5, 5.41) is 10.5. The van der Waals surface area contributed by atoms with Crippen molar-refractivity contribution in [2.45, 2.75) is 19.4 Å². The largest absolute Gasteiger partial charge is 0.388 e.